The molecule has 0 saturated carbocycles. The van der Waals surface area contributed by atoms with Gasteiger partial charge in [0.15, 0.2) is 11.5 Å². The van der Waals surface area contributed by atoms with Crippen LogP contribution in [0.3, 0.4) is 0 Å². The normalized spacial score (nSPS) is 12.0. The van der Waals surface area contributed by atoms with E-state index in [0.29, 0.717) is 22.7 Å². The summed E-state index contributed by atoms with van der Waals surface area (Å²) in [5.74, 6) is 0.920. The maximum absolute atomic E-state index is 13.0. The molecule has 21 heavy (non-hydrogen) atoms. The van der Waals surface area contributed by atoms with E-state index in [9.17, 15) is 9.18 Å². The Morgan fingerprint density at radius 2 is 2.00 bits per heavy atom. The second-order valence-corrected chi connectivity index (χ2v) is 4.51. The molecule has 0 saturated heterocycles. The van der Waals surface area contributed by atoms with Crippen LogP contribution in [0.25, 0.3) is 0 Å². The van der Waals surface area contributed by atoms with Crippen molar-refractivity contribution < 1.29 is 18.7 Å². The average Bonchev–Trinajstić information content (AvgIpc) is 2.93. The molecule has 0 unspecified atom stereocenters. The number of anilines is 1. The van der Waals surface area contributed by atoms with Gasteiger partial charge in [0, 0.05) is 18.3 Å². The molecule has 0 aromatic heterocycles. The van der Waals surface area contributed by atoms with Gasteiger partial charge in [-0.15, -0.1) is 0 Å². The Balaban J connectivity index is 1.57. The van der Waals surface area contributed by atoms with Crippen LogP contribution in [0.1, 0.15) is 5.56 Å². The van der Waals surface area contributed by atoms with Crippen molar-refractivity contribution in [3.05, 3.63) is 53.8 Å². The highest BCUT2D eigenvalue weighted by Gasteiger charge is 2.13. The van der Waals surface area contributed by atoms with Crippen LogP contribution in [-0.4, -0.2) is 12.8 Å². The van der Waals surface area contributed by atoms with E-state index in [1.165, 1.54) is 12.1 Å². The number of carbonyl (C=O) groups is 1. The molecule has 0 spiro atoms. The van der Waals surface area contributed by atoms with Gasteiger partial charge in [-0.1, -0.05) is 12.1 Å². The van der Waals surface area contributed by atoms with Crippen LogP contribution >= 0.6 is 0 Å². The van der Waals surface area contributed by atoms with Crippen molar-refractivity contribution >= 4 is 11.7 Å². The predicted octanol–water partition coefficient (Wildman–Crippen LogP) is 2.88. The zero-order chi connectivity index (χ0) is 14.7. The lowest BCUT2D eigenvalue weighted by Gasteiger charge is -2.08. The van der Waals surface area contributed by atoms with E-state index in [4.69, 9.17) is 9.47 Å². The molecule has 0 fully saturated rings. The van der Waals surface area contributed by atoms with E-state index in [2.05, 4.69) is 10.6 Å². The Labute approximate surface area is 120 Å². The molecule has 2 amide bonds. The molecule has 108 valence electrons. The molecule has 0 aliphatic carbocycles. The number of fused-ring (bicyclic) bond motifs is 1. The zero-order valence-corrected chi connectivity index (χ0v) is 11.1. The Hall–Kier alpha value is -2.76. The summed E-state index contributed by atoms with van der Waals surface area (Å²) in [5, 5.41) is 5.33. The first-order valence-electron chi connectivity index (χ1n) is 6.40. The second kappa shape index (κ2) is 5.70. The van der Waals surface area contributed by atoms with Gasteiger partial charge in [-0.2, -0.15) is 0 Å². The molecule has 2 N–H and O–H groups in total. The summed E-state index contributed by atoms with van der Waals surface area (Å²) in [6.45, 7) is 0.429. The number of halogens is 1. The molecular formula is C15H13FN2O3. The third-order valence-corrected chi connectivity index (χ3v) is 2.97. The van der Waals surface area contributed by atoms with Crippen LogP contribution in [0.2, 0.25) is 0 Å². The van der Waals surface area contributed by atoms with Crippen LogP contribution in [-0.2, 0) is 6.54 Å². The lowest BCUT2D eigenvalue weighted by atomic mass is 10.2. The molecule has 6 heteroatoms. The van der Waals surface area contributed by atoms with E-state index >= 15 is 0 Å². The van der Waals surface area contributed by atoms with Crippen LogP contribution in [0.4, 0.5) is 14.9 Å². The molecule has 2 aromatic carbocycles. The van der Waals surface area contributed by atoms with E-state index < -0.39 is 0 Å². The summed E-state index contributed by atoms with van der Waals surface area (Å²) < 4.78 is 23.4. The molecule has 1 heterocycles. The minimum atomic E-state index is -0.377. The fourth-order valence-corrected chi connectivity index (χ4v) is 1.98. The Bertz CT molecular complexity index is 676. The highest BCUT2D eigenvalue weighted by Crippen LogP contribution is 2.34. The van der Waals surface area contributed by atoms with Crippen molar-refractivity contribution in [3.8, 4) is 11.5 Å². The molecule has 2 aromatic rings. The standard InChI is InChI=1S/C15H13FN2O3/c16-11-3-1-2-10(6-11)8-17-15(19)18-12-4-5-13-14(7-12)21-9-20-13/h1-7H,8-9H2,(H2,17,18,19). The van der Waals surface area contributed by atoms with Gasteiger partial charge in [0.25, 0.3) is 0 Å². The van der Waals surface area contributed by atoms with E-state index in [-0.39, 0.29) is 25.2 Å². The minimum Gasteiger partial charge on any atom is -0.454 e. The summed E-state index contributed by atoms with van der Waals surface area (Å²) in [7, 11) is 0. The number of benzene rings is 2. The van der Waals surface area contributed by atoms with Gasteiger partial charge < -0.3 is 20.1 Å². The summed E-state index contributed by atoms with van der Waals surface area (Å²) in [4.78, 5) is 11.8. The Morgan fingerprint density at radius 1 is 1.14 bits per heavy atom. The molecular weight excluding hydrogens is 275 g/mol. The number of amides is 2. The molecule has 5 nitrogen and oxygen atoms in total. The van der Waals surface area contributed by atoms with E-state index in [1.807, 2.05) is 0 Å². The largest absolute Gasteiger partial charge is 0.454 e. The van der Waals surface area contributed by atoms with E-state index in [1.54, 1.807) is 30.3 Å². The van der Waals surface area contributed by atoms with Crippen molar-refractivity contribution in [1.29, 1.82) is 0 Å². The fourth-order valence-electron chi connectivity index (χ4n) is 1.98. The number of ether oxygens (including phenoxy) is 2. The van der Waals surface area contributed by atoms with Gasteiger partial charge in [-0.3, -0.25) is 0 Å². The number of rotatable bonds is 3. The number of carbonyl (C=O) groups excluding carboxylic acids is 1. The van der Waals surface area contributed by atoms with Crippen molar-refractivity contribution in [2.75, 3.05) is 12.1 Å². The number of hydrogen-bond donors (Lipinski definition) is 2. The number of hydrogen-bond acceptors (Lipinski definition) is 3. The first-order chi connectivity index (χ1) is 10.2. The van der Waals surface area contributed by atoms with Gasteiger partial charge in [-0.25, -0.2) is 9.18 Å². The SMILES string of the molecule is O=C(NCc1cccc(F)c1)Nc1ccc2c(c1)OCO2. The molecule has 0 radical (unpaired) electrons. The zero-order valence-electron chi connectivity index (χ0n) is 11.1. The van der Waals surface area contributed by atoms with Gasteiger partial charge in [-0.05, 0) is 29.8 Å². The summed E-state index contributed by atoms with van der Waals surface area (Å²) in [6, 6.07) is 10.8. The highest BCUT2D eigenvalue weighted by molar-refractivity contribution is 5.89. The van der Waals surface area contributed by atoms with Crippen molar-refractivity contribution in [3.63, 3.8) is 0 Å². The van der Waals surface area contributed by atoms with Crippen molar-refractivity contribution in [2.24, 2.45) is 0 Å². The topological polar surface area (TPSA) is 59.6 Å². The molecule has 3 rings (SSSR count). The Morgan fingerprint density at radius 3 is 2.86 bits per heavy atom. The van der Waals surface area contributed by atoms with Crippen LogP contribution in [0.15, 0.2) is 42.5 Å². The molecule has 1 aliphatic rings. The summed E-state index contributed by atoms with van der Waals surface area (Å²) >= 11 is 0. The fraction of sp³-hybridized carbons (Fsp3) is 0.133. The van der Waals surface area contributed by atoms with Crippen LogP contribution < -0.4 is 20.1 Å². The number of nitrogens with one attached hydrogen (secondary N) is 2. The first-order valence-corrected chi connectivity index (χ1v) is 6.40. The minimum absolute atomic E-state index is 0.185. The van der Waals surface area contributed by atoms with Gasteiger partial charge in [0.05, 0.1) is 0 Å². The third-order valence-electron chi connectivity index (χ3n) is 2.97. The predicted molar refractivity (Wildman–Crippen MR) is 74.8 cm³/mol. The molecule has 0 bridgehead atoms. The third kappa shape index (κ3) is 3.22. The smallest absolute Gasteiger partial charge is 0.319 e. The van der Waals surface area contributed by atoms with Gasteiger partial charge >= 0.3 is 6.03 Å². The maximum Gasteiger partial charge on any atom is 0.319 e. The molecule has 1 aliphatic heterocycles. The van der Waals surface area contributed by atoms with Crippen LogP contribution in [0, 0.1) is 5.82 Å². The van der Waals surface area contributed by atoms with Crippen molar-refractivity contribution in [2.45, 2.75) is 6.54 Å². The molecule has 0 atom stereocenters. The van der Waals surface area contributed by atoms with Crippen molar-refractivity contribution in [1.82, 2.24) is 5.32 Å². The monoisotopic (exact) mass is 288 g/mol. The lowest BCUT2D eigenvalue weighted by Crippen LogP contribution is -2.28. The van der Waals surface area contributed by atoms with Gasteiger partial charge in [0.1, 0.15) is 5.82 Å². The van der Waals surface area contributed by atoms with Crippen LogP contribution in [0.5, 0.6) is 11.5 Å². The lowest BCUT2D eigenvalue weighted by molar-refractivity contribution is 0.174. The first kappa shape index (κ1) is 13.2. The highest BCUT2D eigenvalue weighted by atomic mass is 19.1. The number of urea groups is 1. The Kier molecular flexibility index (Phi) is 3.59. The van der Waals surface area contributed by atoms with Gasteiger partial charge in [0.2, 0.25) is 6.79 Å². The maximum atomic E-state index is 13.0. The quantitative estimate of drug-likeness (QED) is 0.913. The summed E-state index contributed by atoms with van der Waals surface area (Å²) in [5.41, 5.74) is 1.28. The second-order valence-electron chi connectivity index (χ2n) is 4.51. The average molecular weight is 288 g/mol. The summed E-state index contributed by atoms with van der Waals surface area (Å²) in [6.07, 6.45) is 0. The van der Waals surface area contributed by atoms with E-state index in [0.717, 1.165) is 0 Å².